The molecule has 0 saturated carbocycles. The highest BCUT2D eigenvalue weighted by atomic mass is 127. The van der Waals surface area contributed by atoms with Gasteiger partial charge in [0.15, 0.2) is 6.10 Å². The summed E-state index contributed by atoms with van der Waals surface area (Å²) >= 11 is 6.92. The lowest BCUT2D eigenvalue weighted by atomic mass is 10.1. The number of nitrogen functional groups attached to an aromatic ring is 1. The minimum atomic E-state index is -0.805. The Morgan fingerprint density at radius 2 is 1.36 bits per heavy atom. The van der Waals surface area contributed by atoms with Crippen molar-refractivity contribution in [3.63, 3.8) is 0 Å². The Bertz CT molecular complexity index is 925. The molecule has 0 saturated heterocycles. The molecule has 0 heterocycles. The van der Waals surface area contributed by atoms with Crippen molar-refractivity contribution < 1.29 is 24.2 Å². The van der Waals surface area contributed by atoms with E-state index in [9.17, 15) is 14.7 Å². The van der Waals surface area contributed by atoms with E-state index in [1.165, 1.54) is 66.9 Å². The zero-order valence-electron chi connectivity index (χ0n) is 25.5. The summed E-state index contributed by atoms with van der Waals surface area (Å²) < 4.78 is 14.0. The van der Waals surface area contributed by atoms with Crippen molar-refractivity contribution in [1.82, 2.24) is 0 Å². The summed E-state index contributed by atoms with van der Waals surface area (Å²) in [4.78, 5) is 24.3. The van der Waals surface area contributed by atoms with Gasteiger partial charge in [0, 0.05) is 23.6 Å². The van der Waals surface area contributed by atoms with E-state index in [2.05, 4.69) is 92.9 Å². The first-order valence-electron chi connectivity index (χ1n) is 15.8. The van der Waals surface area contributed by atoms with Gasteiger partial charge in [-0.2, -0.15) is 0 Å². The molecule has 0 spiro atoms. The second-order valence-corrected chi connectivity index (χ2v) is 14.3. The van der Waals surface area contributed by atoms with Gasteiger partial charge in [-0.05, 0) is 131 Å². The summed E-state index contributed by atoms with van der Waals surface area (Å²) in [6.07, 6.45) is 23.6. The van der Waals surface area contributed by atoms with Gasteiger partial charge in [0.05, 0.1) is 12.3 Å². The lowest BCUT2D eigenvalue weighted by Crippen LogP contribution is -2.28. The number of hydrogen-bond acceptors (Lipinski definition) is 6. The number of hydrogen-bond donors (Lipinski definition) is 2. The van der Waals surface area contributed by atoms with Gasteiger partial charge in [0.1, 0.15) is 6.61 Å². The molecule has 1 atom stereocenters. The highest BCUT2D eigenvalue weighted by Gasteiger charge is 2.16. The van der Waals surface area contributed by atoms with Crippen molar-refractivity contribution in [2.75, 3.05) is 18.9 Å². The number of esters is 2. The van der Waals surface area contributed by atoms with E-state index < -0.39 is 6.10 Å². The maximum atomic E-state index is 12.1. The van der Waals surface area contributed by atoms with Crippen LogP contribution in [0.15, 0.2) is 18.2 Å². The Labute approximate surface area is 295 Å². The topological polar surface area (TPSA) is 98.9 Å². The van der Waals surface area contributed by atoms with Gasteiger partial charge in [-0.25, -0.2) is 0 Å². The number of benzene rings is 1. The minimum absolute atomic E-state index is 0.105. The highest BCUT2D eigenvalue weighted by Crippen LogP contribution is 2.30. The van der Waals surface area contributed by atoms with Crippen LogP contribution in [0.3, 0.4) is 0 Å². The number of carbonyl (C=O) groups excluding carboxylic acids is 2. The van der Waals surface area contributed by atoms with Crippen LogP contribution in [0.5, 0.6) is 0 Å². The number of halogens is 3. The molecule has 1 aromatic rings. The number of rotatable bonds is 25. The largest absolute Gasteiger partial charge is 0.462 e. The smallest absolute Gasteiger partial charge is 0.306 e. The van der Waals surface area contributed by atoms with Gasteiger partial charge in [0.25, 0.3) is 0 Å². The predicted molar refractivity (Wildman–Crippen MR) is 199 cm³/mol. The van der Waals surface area contributed by atoms with Crippen LogP contribution < -0.4 is 5.73 Å². The number of anilines is 1. The molecule has 0 fully saturated rings. The molecule has 3 N–H and O–H groups in total. The Balaban J connectivity index is 2.05. The van der Waals surface area contributed by atoms with Crippen molar-refractivity contribution in [3.8, 4) is 0 Å². The minimum Gasteiger partial charge on any atom is -0.462 e. The van der Waals surface area contributed by atoms with Crippen molar-refractivity contribution >= 4 is 85.4 Å². The Kier molecular flexibility index (Phi) is 24.8. The van der Waals surface area contributed by atoms with Gasteiger partial charge in [-0.15, -0.1) is 0 Å². The third-order valence-corrected chi connectivity index (χ3v) is 10.3. The van der Waals surface area contributed by atoms with Gasteiger partial charge in [-0.1, -0.05) is 76.9 Å². The predicted octanol–water partition coefficient (Wildman–Crippen LogP) is 9.67. The number of aliphatic hydroxyl groups excluding tert-OH is 1. The summed E-state index contributed by atoms with van der Waals surface area (Å²) in [6, 6.07) is 2.11. The summed E-state index contributed by atoms with van der Waals surface area (Å²) in [7, 11) is 0. The fourth-order valence-corrected chi connectivity index (χ4v) is 8.50. The molecule has 0 aliphatic heterocycles. The molecule has 0 aromatic heterocycles. The molecule has 1 aromatic carbocycles. The first-order chi connectivity index (χ1) is 20.3. The van der Waals surface area contributed by atoms with E-state index in [4.69, 9.17) is 15.2 Å². The number of ether oxygens (including phenoxy) is 2. The fraction of sp³-hybridized carbons (Fsp3) is 0.697. The lowest BCUT2D eigenvalue weighted by molar-refractivity contribution is -0.161. The number of aliphatic hydroxyl groups is 1. The molecule has 0 aliphatic carbocycles. The van der Waals surface area contributed by atoms with Crippen LogP contribution in [0.1, 0.15) is 128 Å². The molecule has 1 rings (SSSR count). The zero-order chi connectivity index (χ0) is 31.0. The normalized spacial score (nSPS) is 12.1. The van der Waals surface area contributed by atoms with Crippen LogP contribution in [-0.2, 0) is 25.5 Å². The van der Waals surface area contributed by atoms with Gasteiger partial charge >= 0.3 is 11.9 Å². The summed E-state index contributed by atoms with van der Waals surface area (Å²) in [5.41, 5.74) is 8.27. The van der Waals surface area contributed by atoms with Gasteiger partial charge < -0.3 is 20.3 Å². The number of carbonyl (C=O) groups is 2. The Morgan fingerprint density at radius 3 is 1.98 bits per heavy atom. The van der Waals surface area contributed by atoms with E-state index in [1.54, 1.807) is 0 Å². The molecular weight excluding hydrogens is 871 g/mol. The first-order valence-corrected chi connectivity index (χ1v) is 19.1. The third kappa shape index (κ3) is 19.3. The maximum absolute atomic E-state index is 12.1. The van der Waals surface area contributed by atoms with E-state index >= 15 is 0 Å². The average molecular weight is 923 g/mol. The molecule has 1 unspecified atom stereocenters. The molecule has 0 radical (unpaired) electrons. The molecule has 0 amide bonds. The SMILES string of the molecule is CCCCCCCC/C=C\CCCCCCCC(=O)OC(CO)COC(=O)CCCCCc1c(I)cc(I)c(N)c1I. The monoisotopic (exact) mass is 923 g/mol. The molecule has 9 heteroatoms. The van der Waals surface area contributed by atoms with Crippen molar-refractivity contribution in [2.24, 2.45) is 0 Å². The van der Waals surface area contributed by atoms with Crippen LogP contribution in [0, 0.1) is 10.7 Å². The van der Waals surface area contributed by atoms with Crippen LogP contribution >= 0.6 is 67.8 Å². The maximum Gasteiger partial charge on any atom is 0.306 e. The molecule has 42 heavy (non-hydrogen) atoms. The fourth-order valence-electron chi connectivity index (χ4n) is 4.59. The summed E-state index contributed by atoms with van der Waals surface area (Å²) in [5, 5.41) is 9.54. The molecule has 240 valence electrons. The number of allylic oxidation sites excluding steroid dienone is 2. The number of nitrogens with two attached hydrogens (primary N) is 1. The molecule has 0 aliphatic rings. The summed E-state index contributed by atoms with van der Waals surface area (Å²) in [5.74, 6) is -0.673. The second-order valence-electron chi connectivity index (χ2n) is 10.9. The second kappa shape index (κ2) is 26.1. The third-order valence-electron chi connectivity index (χ3n) is 7.18. The molecule has 0 bridgehead atoms. The van der Waals surface area contributed by atoms with E-state index in [-0.39, 0.29) is 25.2 Å². The quantitative estimate of drug-likeness (QED) is 0.0334. The van der Waals surface area contributed by atoms with E-state index in [1.807, 2.05) is 0 Å². The van der Waals surface area contributed by atoms with Crippen LogP contribution in [0.2, 0.25) is 0 Å². The van der Waals surface area contributed by atoms with Crippen molar-refractivity contribution in [1.29, 1.82) is 0 Å². The van der Waals surface area contributed by atoms with Gasteiger partial charge in [0.2, 0.25) is 0 Å². The van der Waals surface area contributed by atoms with Crippen molar-refractivity contribution in [3.05, 3.63) is 34.5 Å². The molecular formula is C33H52I3NO5. The standard InChI is InChI=1S/C33H52I3NO5/c1-2-3-4-5-6-7-8-9-10-11-12-13-14-15-18-22-31(40)42-26(24-38)25-41-30(39)21-19-16-17-20-27-28(34)23-29(35)33(37)32(27)36/h9-10,23,26,38H,2-8,11-22,24-25,37H2,1H3/b10-9-. The average Bonchev–Trinajstić information content (AvgIpc) is 2.97. The Morgan fingerprint density at radius 1 is 0.810 bits per heavy atom. The van der Waals surface area contributed by atoms with E-state index in [0.717, 1.165) is 64.2 Å². The zero-order valence-corrected chi connectivity index (χ0v) is 31.9. The van der Waals surface area contributed by atoms with E-state index in [0.29, 0.717) is 12.8 Å². The van der Waals surface area contributed by atoms with Crippen LogP contribution in [0.25, 0.3) is 0 Å². The Hall–Kier alpha value is -0.150. The van der Waals surface area contributed by atoms with Crippen LogP contribution in [-0.4, -0.2) is 36.4 Å². The first kappa shape index (κ1) is 39.9. The molecule has 6 nitrogen and oxygen atoms in total. The number of unbranched alkanes of at least 4 members (excludes halogenated alkanes) is 13. The van der Waals surface area contributed by atoms with Gasteiger partial charge in [-0.3, -0.25) is 9.59 Å². The van der Waals surface area contributed by atoms with Crippen LogP contribution in [0.4, 0.5) is 5.69 Å². The van der Waals surface area contributed by atoms with Crippen molar-refractivity contribution in [2.45, 2.75) is 135 Å². The highest BCUT2D eigenvalue weighted by molar-refractivity contribution is 14.1. The lowest BCUT2D eigenvalue weighted by Gasteiger charge is -2.16. The summed E-state index contributed by atoms with van der Waals surface area (Å²) in [6.45, 7) is 1.79.